The highest BCUT2D eigenvalue weighted by atomic mass is 16.5. The molecule has 0 saturated carbocycles. The Kier molecular flexibility index (Phi) is 9.59. The van der Waals surface area contributed by atoms with E-state index in [0.717, 1.165) is 73.4 Å². The molecule has 2 aromatic carbocycles. The molecule has 1 aliphatic heterocycles. The summed E-state index contributed by atoms with van der Waals surface area (Å²) in [7, 11) is 1.88. The molecule has 1 amide bonds. The fraction of sp³-hybridized carbons (Fsp3) is 0.371. The minimum atomic E-state index is -0.181. The van der Waals surface area contributed by atoms with Gasteiger partial charge in [0, 0.05) is 36.5 Å². The SMILES string of the molecule is C=C(NC)n1ccc2cc(Oc3ccnc(NC(=O)c4ccc(C5CCN(CC)CC5)cc4)c3)c(CCCCC)cc21. The van der Waals surface area contributed by atoms with Crippen molar-refractivity contribution in [2.45, 2.75) is 58.3 Å². The highest BCUT2D eigenvalue weighted by Gasteiger charge is 2.20. The molecule has 5 rings (SSSR count). The summed E-state index contributed by atoms with van der Waals surface area (Å²) in [6.07, 6.45) is 10.3. The minimum Gasteiger partial charge on any atom is -0.457 e. The summed E-state index contributed by atoms with van der Waals surface area (Å²) < 4.78 is 8.49. The predicted molar refractivity (Wildman–Crippen MR) is 172 cm³/mol. The van der Waals surface area contributed by atoms with Crippen molar-refractivity contribution in [2.24, 2.45) is 0 Å². The molecule has 2 aromatic heterocycles. The number of anilines is 1. The number of unbranched alkanes of at least 4 members (excludes halogenated alkanes) is 2. The van der Waals surface area contributed by atoms with Gasteiger partial charge in [-0.15, -0.1) is 0 Å². The van der Waals surface area contributed by atoms with Crippen molar-refractivity contribution < 1.29 is 9.53 Å². The van der Waals surface area contributed by atoms with Crippen LogP contribution < -0.4 is 15.4 Å². The Morgan fingerprint density at radius 3 is 2.55 bits per heavy atom. The third kappa shape index (κ3) is 6.85. The standard InChI is InChI=1S/C35H43N5O2/c1-5-7-8-9-30-22-32-29(17-21-40(32)25(3)36-4)23-33(30)42-31-14-18-37-34(24-31)38-35(41)28-12-10-26(11-13-28)27-15-19-39(6-2)20-16-27/h10-14,17-18,21-24,27,36H,3,5-9,15-16,19-20H2,1-2,4H3,(H,37,38,41). The lowest BCUT2D eigenvalue weighted by Gasteiger charge is -2.31. The van der Waals surface area contributed by atoms with Crippen molar-refractivity contribution in [3.05, 3.63) is 90.3 Å². The normalized spacial score (nSPS) is 14.2. The van der Waals surface area contributed by atoms with Gasteiger partial charge in [-0.2, -0.15) is 0 Å². The molecule has 0 bridgehead atoms. The topological polar surface area (TPSA) is 71.4 Å². The molecule has 7 nitrogen and oxygen atoms in total. The van der Waals surface area contributed by atoms with Crippen LogP contribution in [0.4, 0.5) is 5.82 Å². The van der Waals surface area contributed by atoms with E-state index in [9.17, 15) is 4.79 Å². The number of aromatic nitrogens is 2. The van der Waals surface area contributed by atoms with Gasteiger partial charge in [0.2, 0.25) is 0 Å². The number of nitrogens with zero attached hydrogens (tertiary/aromatic N) is 3. The molecule has 1 fully saturated rings. The molecule has 0 atom stereocenters. The molecule has 0 unspecified atom stereocenters. The summed E-state index contributed by atoms with van der Waals surface area (Å²) in [6.45, 7) is 11.9. The molecule has 42 heavy (non-hydrogen) atoms. The van der Waals surface area contributed by atoms with Crippen LogP contribution in [0.2, 0.25) is 0 Å². The first-order valence-corrected chi connectivity index (χ1v) is 15.3. The van der Waals surface area contributed by atoms with Crippen molar-refractivity contribution in [2.75, 3.05) is 32.0 Å². The van der Waals surface area contributed by atoms with Gasteiger partial charge < -0.3 is 24.8 Å². The molecule has 220 valence electrons. The van der Waals surface area contributed by atoms with E-state index >= 15 is 0 Å². The maximum absolute atomic E-state index is 13.1. The first-order chi connectivity index (χ1) is 20.5. The van der Waals surface area contributed by atoms with Gasteiger partial charge in [-0.1, -0.05) is 45.4 Å². The number of nitrogens with one attached hydrogen (secondary N) is 2. The fourth-order valence-corrected chi connectivity index (χ4v) is 5.76. The van der Waals surface area contributed by atoms with Crippen LogP contribution in [0.1, 0.15) is 73.4 Å². The van der Waals surface area contributed by atoms with Crippen molar-refractivity contribution in [3.8, 4) is 11.5 Å². The van der Waals surface area contributed by atoms with Crippen LogP contribution in [-0.2, 0) is 6.42 Å². The number of benzene rings is 2. The Balaban J connectivity index is 1.29. The molecule has 4 aromatic rings. The molecule has 0 spiro atoms. The summed E-state index contributed by atoms with van der Waals surface area (Å²) >= 11 is 0. The van der Waals surface area contributed by atoms with E-state index in [0.29, 0.717) is 23.0 Å². The number of rotatable bonds is 12. The average molecular weight is 566 g/mol. The molecule has 0 radical (unpaired) electrons. The predicted octanol–water partition coefficient (Wildman–Crippen LogP) is 7.66. The molecular weight excluding hydrogens is 522 g/mol. The second kappa shape index (κ2) is 13.7. The highest BCUT2D eigenvalue weighted by Crippen LogP contribution is 2.33. The number of fused-ring (bicyclic) bond motifs is 1. The van der Waals surface area contributed by atoms with Crippen LogP contribution >= 0.6 is 0 Å². The summed E-state index contributed by atoms with van der Waals surface area (Å²) in [5.74, 6) is 3.10. The maximum Gasteiger partial charge on any atom is 0.256 e. The average Bonchev–Trinajstić information content (AvgIpc) is 3.43. The molecule has 1 saturated heterocycles. The van der Waals surface area contributed by atoms with Gasteiger partial charge >= 0.3 is 0 Å². The Morgan fingerprint density at radius 2 is 1.83 bits per heavy atom. The lowest BCUT2D eigenvalue weighted by atomic mass is 9.89. The number of amides is 1. The van der Waals surface area contributed by atoms with Crippen LogP contribution in [0.5, 0.6) is 11.5 Å². The summed E-state index contributed by atoms with van der Waals surface area (Å²) in [5.41, 5.74) is 4.17. The van der Waals surface area contributed by atoms with Gasteiger partial charge in [0.25, 0.3) is 5.91 Å². The van der Waals surface area contributed by atoms with Gasteiger partial charge in [-0.25, -0.2) is 4.98 Å². The number of carbonyl (C=O) groups excluding carboxylic acids is 1. The number of hydrogen-bond acceptors (Lipinski definition) is 5. The van der Waals surface area contributed by atoms with E-state index in [2.05, 4.69) is 75.8 Å². The fourth-order valence-electron chi connectivity index (χ4n) is 5.76. The number of likely N-dealkylation sites (tertiary alicyclic amines) is 1. The van der Waals surface area contributed by atoms with Crippen LogP contribution in [0, 0.1) is 0 Å². The second-order valence-electron chi connectivity index (χ2n) is 11.1. The lowest BCUT2D eigenvalue weighted by Crippen LogP contribution is -2.32. The zero-order chi connectivity index (χ0) is 29.5. The zero-order valence-electron chi connectivity index (χ0n) is 25.2. The molecular formula is C35H43N5O2. The van der Waals surface area contributed by atoms with Crippen molar-refractivity contribution in [3.63, 3.8) is 0 Å². The molecule has 7 heteroatoms. The molecule has 1 aliphatic rings. The highest BCUT2D eigenvalue weighted by molar-refractivity contribution is 6.03. The monoisotopic (exact) mass is 565 g/mol. The van der Waals surface area contributed by atoms with Gasteiger partial charge in [0.05, 0.1) is 5.52 Å². The Hall–Kier alpha value is -4.10. The third-order valence-electron chi connectivity index (χ3n) is 8.38. The van der Waals surface area contributed by atoms with Gasteiger partial charge in [-0.05, 0) is 98.8 Å². The number of aryl methyl sites for hydroxylation is 1. The Morgan fingerprint density at radius 1 is 1.05 bits per heavy atom. The number of pyridine rings is 1. The van der Waals surface area contributed by atoms with Crippen LogP contribution in [-0.4, -0.2) is 47.0 Å². The largest absolute Gasteiger partial charge is 0.457 e. The molecule has 2 N–H and O–H groups in total. The second-order valence-corrected chi connectivity index (χ2v) is 11.1. The summed E-state index contributed by atoms with van der Waals surface area (Å²) in [6, 6.07) is 18.0. The minimum absolute atomic E-state index is 0.181. The van der Waals surface area contributed by atoms with Crippen LogP contribution in [0.15, 0.2) is 73.6 Å². The maximum atomic E-state index is 13.1. The quantitative estimate of drug-likeness (QED) is 0.173. The van der Waals surface area contributed by atoms with E-state index < -0.39 is 0 Å². The third-order valence-corrected chi connectivity index (χ3v) is 8.38. The zero-order valence-corrected chi connectivity index (χ0v) is 25.2. The number of carbonyl (C=O) groups is 1. The number of hydrogen-bond donors (Lipinski definition) is 2. The first-order valence-electron chi connectivity index (χ1n) is 15.3. The van der Waals surface area contributed by atoms with Gasteiger partial charge in [0.1, 0.15) is 23.1 Å². The Bertz CT molecular complexity index is 1520. The number of ether oxygens (including phenoxy) is 1. The van der Waals surface area contributed by atoms with E-state index in [1.54, 1.807) is 12.3 Å². The van der Waals surface area contributed by atoms with Crippen molar-refractivity contribution in [1.29, 1.82) is 0 Å². The number of piperidine rings is 1. The van der Waals surface area contributed by atoms with Crippen LogP contribution in [0.25, 0.3) is 16.7 Å². The van der Waals surface area contributed by atoms with Gasteiger partial charge in [-0.3, -0.25) is 4.79 Å². The lowest BCUT2D eigenvalue weighted by molar-refractivity contribution is 0.102. The Labute approximate surface area is 249 Å². The van der Waals surface area contributed by atoms with E-state index in [-0.39, 0.29) is 5.91 Å². The summed E-state index contributed by atoms with van der Waals surface area (Å²) in [5, 5.41) is 7.15. The smallest absolute Gasteiger partial charge is 0.256 e. The van der Waals surface area contributed by atoms with E-state index in [1.807, 2.05) is 31.4 Å². The van der Waals surface area contributed by atoms with Crippen LogP contribution in [0.3, 0.4) is 0 Å². The first kappa shape index (κ1) is 29.4. The van der Waals surface area contributed by atoms with E-state index in [4.69, 9.17) is 4.74 Å². The van der Waals surface area contributed by atoms with Crippen molar-refractivity contribution in [1.82, 2.24) is 19.8 Å². The van der Waals surface area contributed by atoms with Gasteiger partial charge in [0.15, 0.2) is 0 Å². The van der Waals surface area contributed by atoms with E-state index in [1.165, 1.54) is 18.4 Å². The van der Waals surface area contributed by atoms with Crippen molar-refractivity contribution >= 4 is 28.4 Å². The molecule has 0 aliphatic carbocycles. The summed E-state index contributed by atoms with van der Waals surface area (Å²) in [4.78, 5) is 19.9. The molecule has 3 heterocycles.